The molecule has 0 aliphatic heterocycles. The summed E-state index contributed by atoms with van der Waals surface area (Å²) in [5.41, 5.74) is 1.35. The second kappa shape index (κ2) is 6.58. The first-order valence-electron chi connectivity index (χ1n) is 6.40. The lowest BCUT2D eigenvalue weighted by Gasteiger charge is -2.15. The van der Waals surface area contributed by atoms with E-state index >= 15 is 0 Å². The van der Waals surface area contributed by atoms with Gasteiger partial charge in [-0.15, -0.1) is 0 Å². The highest BCUT2D eigenvalue weighted by Crippen LogP contribution is 2.24. The van der Waals surface area contributed by atoms with Crippen LogP contribution in [0.15, 0.2) is 53.4 Å². The van der Waals surface area contributed by atoms with Crippen molar-refractivity contribution in [3.05, 3.63) is 64.7 Å². The van der Waals surface area contributed by atoms with Crippen molar-refractivity contribution in [3.63, 3.8) is 0 Å². The van der Waals surface area contributed by atoms with Gasteiger partial charge in [0, 0.05) is 6.04 Å². The minimum Gasteiger partial charge on any atom is -0.392 e. The van der Waals surface area contributed by atoms with Crippen LogP contribution in [0.1, 0.15) is 24.1 Å². The zero-order chi connectivity index (χ0) is 15.5. The molecule has 112 valence electrons. The summed E-state index contributed by atoms with van der Waals surface area (Å²) in [4.78, 5) is -0.0292. The van der Waals surface area contributed by atoms with Crippen LogP contribution in [0.5, 0.6) is 0 Å². The molecule has 2 N–H and O–H groups in total. The van der Waals surface area contributed by atoms with Gasteiger partial charge in [-0.25, -0.2) is 13.1 Å². The Kier molecular flexibility index (Phi) is 5.00. The third kappa shape index (κ3) is 3.83. The molecule has 0 saturated carbocycles. The minimum absolute atomic E-state index is 0.0292. The van der Waals surface area contributed by atoms with Crippen molar-refractivity contribution in [1.82, 2.24) is 4.72 Å². The maximum absolute atomic E-state index is 12.4. The topological polar surface area (TPSA) is 66.4 Å². The lowest BCUT2D eigenvalue weighted by atomic mass is 10.1. The van der Waals surface area contributed by atoms with Crippen molar-refractivity contribution in [2.24, 2.45) is 0 Å². The molecule has 0 aromatic heterocycles. The Morgan fingerprint density at radius 1 is 1.19 bits per heavy atom. The summed E-state index contributed by atoms with van der Waals surface area (Å²) < 4.78 is 27.4. The number of aliphatic hydroxyl groups excluding tert-OH is 1. The summed E-state index contributed by atoms with van der Waals surface area (Å²) >= 11 is 5.97. The van der Waals surface area contributed by atoms with Gasteiger partial charge >= 0.3 is 0 Å². The number of hydrogen-bond donors (Lipinski definition) is 2. The smallest absolute Gasteiger partial charge is 0.242 e. The molecule has 6 heteroatoms. The zero-order valence-corrected chi connectivity index (χ0v) is 13.0. The minimum atomic E-state index is -3.76. The van der Waals surface area contributed by atoms with Crippen LogP contribution in [0.3, 0.4) is 0 Å². The Morgan fingerprint density at radius 2 is 1.86 bits per heavy atom. The van der Waals surface area contributed by atoms with Crippen molar-refractivity contribution in [3.8, 4) is 0 Å². The van der Waals surface area contributed by atoms with Crippen LogP contribution in [0.25, 0.3) is 0 Å². The van der Waals surface area contributed by atoms with Gasteiger partial charge in [0.05, 0.1) is 11.6 Å². The molecule has 0 aliphatic carbocycles. The average Bonchev–Trinajstić information content (AvgIpc) is 2.48. The number of rotatable bonds is 5. The first-order chi connectivity index (χ1) is 9.94. The molecule has 2 rings (SSSR count). The predicted molar refractivity (Wildman–Crippen MR) is 82.6 cm³/mol. The van der Waals surface area contributed by atoms with E-state index in [0.29, 0.717) is 5.56 Å². The molecule has 0 amide bonds. The summed E-state index contributed by atoms with van der Waals surface area (Å²) in [5.74, 6) is 0. The summed E-state index contributed by atoms with van der Waals surface area (Å²) in [6.45, 7) is 1.52. The standard InChI is InChI=1S/C15H16ClNO3S/c1-11(13-5-3-2-4-6-13)17-21(19,20)15-9-12(10-18)7-8-14(15)16/h2-9,11,17-18H,10H2,1H3. The van der Waals surface area contributed by atoms with Crippen LogP contribution < -0.4 is 4.72 Å². The van der Waals surface area contributed by atoms with E-state index in [1.807, 2.05) is 30.3 Å². The Bertz CT molecular complexity index is 717. The lowest BCUT2D eigenvalue weighted by Crippen LogP contribution is -2.27. The van der Waals surface area contributed by atoms with E-state index in [4.69, 9.17) is 16.7 Å². The molecule has 21 heavy (non-hydrogen) atoms. The fourth-order valence-corrected chi connectivity index (χ4v) is 3.74. The second-order valence-corrected chi connectivity index (χ2v) is 6.77. The second-order valence-electron chi connectivity index (χ2n) is 4.68. The van der Waals surface area contributed by atoms with Gasteiger partial charge in [-0.2, -0.15) is 0 Å². The van der Waals surface area contributed by atoms with Gasteiger partial charge in [-0.3, -0.25) is 0 Å². The van der Waals surface area contributed by atoms with Crippen LogP contribution in [-0.2, 0) is 16.6 Å². The van der Waals surface area contributed by atoms with E-state index in [1.54, 1.807) is 13.0 Å². The van der Waals surface area contributed by atoms with Crippen molar-refractivity contribution < 1.29 is 13.5 Å². The summed E-state index contributed by atoms with van der Waals surface area (Å²) in [6, 6.07) is 13.3. The number of nitrogens with one attached hydrogen (secondary N) is 1. The Labute approximate surface area is 129 Å². The highest BCUT2D eigenvalue weighted by Gasteiger charge is 2.21. The molecule has 0 spiro atoms. The first kappa shape index (κ1) is 16.0. The number of aliphatic hydroxyl groups is 1. The molecule has 0 saturated heterocycles. The molecule has 1 atom stereocenters. The van der Waals surface area contributed by atoms with E-state index in [9.17, 15) is 8.42 Å². The van der Waals surface area contributed by atoms with E-state index in [-0.39, 0.29) is 22.6 Å². The quantitative estimate of drug-likeness (QED) is 0.888. The Balaban J connectivity index is 2.30. The number of halogens is 1. The fraction of sp³-hybridized carbons (Fsp3) is 0.200. The van der Waals surface area contributed by atoms with Crippen LogP contribution >= 0.6 is 11.6 Å². The van der Waals surface area contributed by atoms with Crippen LogP contribution in [0, 0.1) is 0 Å². The van der Waals surface area contributed by atoms with Crippen molar-refractivity contribution >= 4 is 21.6 Å². The van der Waals surface area contributed by atoms with Gasteiger partial charge in [0.15, 0.2) is 0 Å². The third-order valence-electron chi connectivity index (χ3n) is 3.10. The SMILES string of the molecule is CC(NS(=O)(=O)c1cc(CO)ccc1Cl)c1ccccc1. The molecule has 4 nitrogen and oxygen atoms in total. The van der Waals surface area contributed by atoms with Crippen LogP contribution in [-0.4, -0.2) is 13.5 Å². The average molecular weight is 326 g/mol. The molecule has 2 aromatic rings. The summed E-state index contributed by atoms with van der Waals surface area (Å²) in [7, 11) is -3.76. The molecule has 1 unspecified atom stereocenters. The van der Waals surface area contributed by atoms with Crippen molar-refractivity contribution in [2.45, 2.75) is 24.5 Å². The molecule has 0 aliphatic rings. The van der Waals surface area contributed by atoms with E-state index in [0.717, 1.165) is 5.56 Å². The molecular formula is C15H16ClNO3S. The largest absolute Gasteiger partial charge is 0.392 e. The first-order valence-corrected chi connectivity index (χ1v) is 8.26. The highest BCUT2D eigenvalue weighted by molar-refractivity contribution is 7.89. The van der Waals surface area contributed by atoms with Gasteiger partial charge < -0.3 is 5.11 Å². The maximum atomic E-state index is 12.4. The molecule has 2 aromatic carbocycles. The molecular weight excluding hydrogens is 310 g/mol. The zero-order valence-electron chi connectivity index (χ0n) is 11.5. The number of hydrogen-bond acceptors (Lipinski definition) is 3. The molecule has 0 heterocycles. The predicted octanol–water partition coefficient (Wildman–Crippen LogP) is 2.87. The summed E-state index contributed by atoms with van der Waals surface area (Å²) in [6.07, 6.45) is 0. The van der Waals surface area contributed by atoms with Gasteiger partial charge in [0.25, 0.3) is 0 Å². The fourth-order valence-electron chi connectivity index (χ4n) is 1.96. The van der Waals surface area contributed by atoms with E-state index in [2.05, 4.69) is 4.72 Å². The Morgan fingerprint density at radius 3 is 2.48 bits per heavy atom. The van der Waals surface area contributed by atoms with Gasteiger partial charge in [-0.1, -0.05) is 48.0 Å². The maximum Gasteiger partial charge on any atom is 0.242 e. The monoisotopic (exact) mass is 325 g/mol. The third-order valence-corrected chi connectivity index (χ3v) is 5.12. The number of sulfonamides is 1. The van der Waals surface area contributed by atoms with E-state index < -0.39 is 10.0 Å². The Hall–Kier alpha value is -1.40. The molecule has 0 bridgehead atoms. The molecule has 0 radical (unpaired) electrons. The summed E-state index contributed by atoms with van der Waals surface area (Å²) in [5, 5.41) is 9.25. The van der Waals surface area contributed by atoms with Crippen molar-refractivity contribution in [1.29, 1.82) is 0 Å². The van der Waals surface area contributed by atoms with Gasteiger partial charge in [-0.05, 0) is 30.2 Å². The van der Waals surface area contributed by atoms with Gasteiger partial charge in [0.2, 0.25) is 10.0 Å². The van der Waals surface area contributed by atoms with Crippen molar-refractivity contribution in [2.75, 3.05) is 0 Å². The van der Waals surface area contributed by atoms with Crippen LogP contribution in [0.4, 0.5) is 0 Å². The van der Waals surface area contributed by atoms with Crippen LogP contribution in [0.2, 0.25) is 5.02 Å². The normalized spacial score (nSPS) is 13.1. The molecule has 0 fully saturated rings. The highest BCUT2D eigenvalue weighted by atomic mass is 35.5. The lowest BCUT2D eigenvalue weighted by molar-refractivity contribution is 0.281. The number of benzene rings is 2. The van der Waals surface area contributed by atoms with E-state index in [1.165, 1.54) is 12.1 Å². The van der Waals surface area contributed by atoms with Gasteiger partial charge in [0.1, 0.15) is 4.90 Å².